The number of benzene rings is 1. The Bertz CT molecular complexity index is 843. The summed E-state index contributed by atoms with van der Waals surface area (Å²) in [7, 11) is 0. The van der Waals surface area contributed by atoms with Crippen molar-refractivity contribution in [3.63, 3.8) is 0 Å². The molecule has 3 heterocycles. The Balaban J connectivity index is 1.50. The van der Waals surface area contributed by atoms with Gasteiger partial charge in [-0.25, -0.2) is 4.98 Å². The number of aromatic nitrogens is 3. The Hall–Kier alpha value is -3.13. The zero-order valence-electron chi connectivity index (χ0n) is 13.4. The van der Waals surface area contributed by atoms with Crippen LogP contribution in [0.25, 0.3) is 11.3 Å². The van der Waals surface area contributed by atoms with Gasteiger partial charge in [-0.2, -0.15) is 4.98 Å². The summed E-state index contributed by atoms with van der Waals surface area (Å²) in [4.78, 5) is 10.9. The molecule has 1 fully saturated rings. The zero-order chi connectivity index (χ0) is 17.1. The normalized spacial score (nSPS) is 14.5. The molecule has 0 bridgehead atoms. The van der Waals surface area contributed by atoms with Crippen LogP contribution in [0, 0.1) is 0 Å². The average molecular weight is 339 g/mol. The smallest absolute Gasteiger partial charge is 0.230 e. The van der Waals surface area contributed by atoms with Gasteiger partial charge < -0.3 is 24.6 Å². The van der Waals surface area contributed by atoms with E-state index in [1.807, 2.05) is 0 Å². The summed E-state index contributed by atoms with van der Waals surface area (Å²) in [5, 5.41) is 16.5. The first-order valence-electron chi connectivity index (χ1n) is 7.97. The van der Waals surface area contributed by atoms with E-state index in [4.69, 9.17) is 9.26 Å². The Morgan fingerprint density at radius 3 is 2.68 bits per heavy atom. The summed E-state index contributed by atoms with van der Waals surface area (Å²) in [5.74, 6) is 1.98. The van der Waals surface area contributed by atoms with E-state index in [0.29, 0.717) is 36.6 Å². The Morgan fingerprint density at radius 1 is 1.08 bits per heavy atom. The molecule has 1 aromatic carbocycles. The van der Waals surface area contributed by atoms with E-state index in [2.05, 4.69) is 25.3 Å². The molecular weight excluding hydrogens is 322 g/mol. The molecule has 1 aliphatic rings. The lowest BCUT2D eigenvalue weighted by Gasteiger charge is -2.26. The number of phenolic OH excluding ortho intramolecular Hbond substituents is 1. The fourth-order valence-corrected chi connectivity index (χ4v) is 2.56. The Kier molecular flexibility index (Phi) is 4.17. The van der Waals surface area contributed by atoms with Crippen LogP contribution in [-0.2, 0) is 4.74 Å². The average Bonchev–Trinajstić information content (AvgIpc) is 3.12. The van der Waals surface area contributed by atoms with Gasteiger partial charge in [0.15, 0.2) is 0 Å². The molecule has 25 heavy (non-hydrogen) atoms. The number of aromatic hydroxyl groups is 1. The van der Waals surface area contributed by atoms with Gasteiger partial charge in [0.2, 0.25) is 11.8 Å². The minimum atomic E-state index is 0.210. The molecule has 0 radical (unpaired) electrons. The molecule has 8 nitrogen and oxygen atoms in total. The van der Waals surface area contributed by atoms with E-state index >= 15 is 0 Å². The number of ether oxygens (including phenoxy) is 1. The molecule has 128 valence electrons. The highest BCUT2D eigenvalue weighted by Crippen LogP contribution is 2.25. The molecule has 2 aromatic heterocycles. The monoisotopic (exact) mass is 339 g/mol. The third-order valence-electron chi connectivity index (χ3n) is 3.86. The number of rotatable bonds is 4. The second-order valence-corrected chi connectivity index (χ2v) is 5.59. The highest BCUT2D eigenvalue weighted by atomic mass is 16.5. The maximum Gasteiger partial charge on any atom is 0.230 e. The second kappa shape index (κ2) is 6.78. The van der Waals surface area contributed by atoms with Crippen molar-refractivity contribution in [2.45, 2.75) is 0 Å². The van der Waals surface area contributed by atoms with Crippen LogP contribution in [0.2, 0.25) is 0 Å². The summed E-state index contributed by atoms with van der Waals surface area (Å²) >= 11 is 0. The largest absolute Gasteiger partial charge is 0.508 e. The van der Waals surface area contributed by atoms with Crippen molar-refractivity contribution in [1.82, 2.24) is 15.1 Å². The third kappa shape index (κ3) is 3.53. The molecule has 0 aliphatic carbocycles. The number of hydrogen-bond acceptors (Lipinski definition) is 8. The quantitative estimate of drug-likeness (QED) is 0.748. The van der Waals surface area contributed by atoms with Crippen molar-refractivity contribution < 1.29 is 14.4 Å². The summed E-state index contributed by atoms with van der Waals surface area (Å²) in [6, 6.07) is 10.3. The summed E-state index contributed by atoms with van der Waals surface area (Å²) in [6.45, 7) is 2.91. The van der Waals surface area contributed by atoms with Crippen molar-refractivity contribution in [2.75, 3.05) is 36.5 Å². The molecule has 3 aromatic rings. The SMILES string of the molecule is Oc1ccc(-c2cc(Nc3ccnc(N4CCOCC4)n3)on2)cc1. The molecular formula is C17H17N5O3. The molecule has 1 aliphatic heterocycles. The first-order valence-corrected chi connectivity index (χ1v) is 7.97. The molecule has 0 spiro atoms. The van der Waals surface area contributed by atoms with Crippen LogP contribution in [0.5, 0.6) is 5.75 Å². The van der Waals surface area contributed by atoms with Crippen LogP contribution in [0.4, 0.5) is 17.7 Å². The van der Waals surface area contributed by atoms with Crippen molar-refractivity contribution in [1.29, 1.82) is 0 Å². The van der Waals surface area contributed by atoms with Gasteiger partial charge in [-0.15, -0.1) is 0 Å². The fourth-order valence-electron chi connectivity index (χ4n) is 2.56. The van der Waals surface area contributed by atoms with Crippen molar-refractivity contribution in [3.8, 4) is 17.0 Å². The number of phenols is 1. The van der Waals surface area contributed by atoms with E-state index in [9.17, 15) is 5.11 Å². The summed E-state index contributed by atoms with van der Waals surface area (Å²) in [6.07, 6.45) is 1.71. The lowest BCUT2D eigenvalue weighted by molar-refractivity contribution is 0.122. The molecule has 4 rings (SSSR count). The van der Waals surface area contributed by atoms with E-state index in [1.54, 1.807) is 42.6 Å². The molecule has 1 saturated heterocycles. The number of nitrogens with zero attached hydrogens (tertiary/aromatic N) is 4. The summed E-state index contributed by atoms with van der Waals surface area (Å²) in [5.41, 5.74) is 1.52. The third-order valence-corrected chi connectivity index (χ3v) is 3.86. The Labute approximate surface area is 144 Å². The van der Waals surface area contributed by atoms with E-state index in [1.165, 1.54) is 0 Å². The van der Waals surface area contributed by atoms with E-state index < -0.39 is 0 Å². The van der Waals surface area contributed by atoms with Gasteiger partial charge >= 0.3 is 0 Å². The van der Waals surface area contributed by atoms with E-state index in [-0.39, 0.29) is 5.75 Å². The van der Waals surface area contributed by atoms with Crippen LogP contribution in [0.1, 0.15) is 0 Å². The molecule has 0 saturated carbocycles. The number of morpholine rings is 1. The van der Waals surface area contributed by atoms with Crippen molar-refractivity contribution in [3.05, 3.63) is 42.6 Å². The van der Waals surface area contributed by atoms with Gasteiger partial charge in [-0.3, -0.25) is 0 Å². The highest BCUT2D eigenvalue weighted by Gasteiger charge is 2.14. The van der Waals surface area contributed by atoms with Gasteiger partial charge in [-0.05, 0) is 30.3 Å². The lowest BCUT2D eigenvalue weighted by atomic mass is 10.1. The fraction of sp³-hybridized carbons (Fsp3) is 0.235. The molecule has 8 heteroatoms. The second-order valence-electron chi connectivity index (χ2n) is 5.59. The summed E-state index contributed by atoms with van der Waals surface area (Å²) < 4.78 is 10.7. The minimum Gasteiger partial charge on any atom is -0.508 e. The van der Waals surface area contributed by atoms with Gasteiger partial charge in [-0.1, -0.05) is 5.16 Å². The van der Waals surface area contributed by atoms with Crippen LogP contribution in [0.3, 0.4) is 0 Å². The van der Waals surface area contributed by atoms with E-state index in [0.717, 1.165) is 18.7 Å². The molecule has 0 amide bonds. The maximum atomic E-state index is 9.35. The predicted octanol–water partition coefficient (Wildman–Crippen LogP) is 2.42. The molecule has 0 atom stereocenters. The zero-order valence-corrected chi connectivity index (χ0v) is 13.4. The van der Waals surface area contributed by atoms with Gasteiger partial charge in [0.05, 0.1) is 13.2 Å². The predicted molar refractivity (Wildman–Crippen MR) is 92.0 cm³/mol. The molecule has 0 unspecified atom stereocenters. The van der Waals surface area contributed by atoms with Crippen LogP contribution in [-0.4, -0.2) is 46.5 Å². The van der Waals surface area contributed by atoms with Crippen LogP contribution < -0.4 is 10.2 Å². The lowest BCUT2D eigenvalue weighted by Crippen LogP contribution is -2.37. The van der Waals surface area contributed by atoms with Gasteiger partial charge in [0, 0.05) is 30.9 Å². The van der Waals surface area contributed by atoms with Crippen LogP contribution in [0.15, 0.2) is 47.1 Å². The van der Waals surface area contributed by atoms with Crippen molar-refractivity contribution >= 4 is 17.7 Å². The standard InChI is InChI=1S/C17H17N5O3/c23-13-3-1-12(2-4-13)14-11-16(25-21-14)19-15-5-6-18-17(20-15)22-7-9-24-10-8-22/h1-6,11,23H,7-10H2,(H,18,19,20). The minimum absolute atomic E-state index is 0.210. The Morgan fingerprint density at radius 2 is 1.88 bits per heavy atom. The van der Waals surface area contributed by atoms with Gasteiger partial charge in [0.1, 0.15) is 17.3 Å². The first kappa shape index (κ1) is 15.4. The number of hydrogen-bond donors (Lipinski definition) is 2. The highest BCUT2D eigenvalue weighted by molar-refractivity contribution is 5.64. The van der Waals surface area contributed by atoms with Gasteiger partial charge in [0.25, 0.3) is 0 Å². The number of anilines is 3. The molecule has 2 N–H and O–H groups in total. The van der Waals surface area contributed by atoms with Crippen LogP contribution >= 0.6 is 0 Å². The first-order chi connectivity index (χ1) is 12.3. The topological polar surface area (TPSA) is 96.5 Å². The van der Waals surface area contributed by atoms with Crippen molar-refractivity contribution in [2.24, 2.45) is 0 Å². The number of nitrogens with one attached hydrogen (secondary N) is 1. The maximum absolute atomic E-state index is 9.35.